The number of halogens is 2. The molecule has 3 rings (SSSR count). The van der Waals surface area contributed by atoms with Crippen molar-refractivity contribution < 1.29 is 13.6 Å². The van der Waals surface area contributed by atoms with Crippen LogP contribution in [0.15, 0.2) is 52.4 Å². The highest BCUT2D eigenvalue weighted by atomic mass is 19.1. The van der Waals surface area contributed by atoms with Crippen LogP contribution in [0.2, 0.25) is 0 Å². The van der Waals surface area contributed by atoms with E-state index in [1.165, 1.54) is 10.7 Å². The Morgan fingerprint density at radius 2 is 1.96 bits per heavy atom. The van der Waals surface area contributed by atoms with Crippen LogP contribution in [-0.2, 0) is 6.54 Å². The molecule has 0 aliphatic heterocycles. The van der Waals surface area contributed by atoms with Crippen LogP contribution in [0.25, 0.3) is 10.8 Å². The number of benzene rings is 2. The first-order chi connectivity index (χ1) is 13.0. The van der Waals surface area contributed by atoms with Gasteiger partial charge in [-0.3, -0.25) is 9.59 Å². The van der Waals surface area contributed by atoms with Gasteiger partial charge in [-0.25, -0.2) is 18.9 Å². The molecule has 27 heavy (non-hydrogen) atoms. The summed E-state index contributed by atoms with van der Waals surface area (Å²) in [6, 6.07) is 9.66. The molecule has 138 valence electrons. The lowest BCUT2D eigenvalue weighted by Gasteiger charge is -2.09. The van der Waals surface area contributed by atoms with Crippen LogP contribution in [0, 0.1) is 11.6 Å². The number of rotatable bonds is 5. The third-order valence-electron chi connectivity index (χ3n) is 3.85. The van der Waals surface area contributed by atoms with E-state index in [1.807, 2.05) is 6.92 Å². The monoisotopic (exact) mass is 370 g/mol. The van der Waals surface area contributed by atoms with Crippen molar-refractivity contribution in [3.05, 3.63) is 75.7 Å². The third-order valence-corrected chi connectivity index (χ3v) is 3.85. The van der Waals surface area contributed by atoms with E-state index in [-0.39, 0.29) is 16.8 Å². The number of nitrogens with zero attached hydrogens (tertiary/aromatic N) is 3. The smallest absolute Gasteiger partial charge is 0.267 e. The molecule has 3 aromatic rings. The number of carbonyl (C=O) groups is 1. The molecule has 0 saturated carbocycles. The Morgan fingerprint density at radius 1 is 1.22 bits per heavy atom. The molecule has 0 spiro atoms. The minimum Gasteiger partial charge on any atom is -0.267 e. The van der Waals surface area contributed by atoms with Crippen molar-refractivity contribution in [2.45, 2.75) is 19.9 Å². The number of aromatic nitrogens is 2. The van der Waals surface area contributed by atoms with Gasteiger partial charge in [0.25, 0.3) is 11.5 Å². The number of hydrazone groups is 1. The van der Waals surface area contributed by atoms with Crippen molar-refractivity contribution in [2.75, 3.05) is 0 Å². The van der Waals surface area contributed by atoms with E-state index in [0.717, 1.165) is 18.3 Å². The van der Waals surface area contributed by atoms with E-state index in [2.05, 4.69) is 15.6 Å². The molecule has 0 saturated heterocycles. The van der Waals surface area contributed by atoms with Crippen molar-refractivity contribution >= 4 is 22.9 Å². The van der Waals surface area contributed by atoms with E-state index < -0.39 is 17.5 Å². The molecule has 0 unspecified atom stereocenters. The van der Waals surface area contributed by atoms with E-state index >= 15 is 0 Å². The quantitative estimate of drug-likeness (QED) is 0.554. The van der Waals surface area contributed by atoms with E-state index in [4.69, 9.17) is 0 Å². The molecule has 8 heteroatoms. The maximum atomic E-state index is 13.6. The number of amides is 1. The topological polar surface area (TPSA) is 76.3 Å². The maximum Gasteiger partial charge on any atom is 0.292 e. The summed E-state index contributed by atoms with van der Waals surface area (Å²) in [6.45, 7) is 2.26. The van der Waals surface area contributed by atoms with Crippen molar-refractivity contribution in [2.24, 2.45) is 5.10 Å². The fourth-order valence-electron chi connectivity index (χ4n) is 2.59. The number of aryl methyl sites for hydroxylation is 1. The first-order valence-corrected chi connectivity index (χ1v) is 8.29. The van der Waals surface area contributed by atoms with E-state index in [1.54, 1.807) is 24.3 Å². The molecule has 0 atom stereocenters. The number of hydrogen-bond acceptors (Lipinski definition) is 4. The molecule has 0 aliphatic rings. The fraction of sp³-hybridized carbons (Fsp3) is 0.158. The van der Waals surface area contributed by atoms with Gasteiger partial charge in [0, 0.05) is 23.6 Å². The highest BCUT2D eigenvalue weighted by Gasteiger charge is 2.16. The lowest BCUT2D eigenvalue weighted by Crippen LogP contribution is -2.29. The molecule has 1 aromatic heterocycles. The van der Waals surface area contributed by atoms with Crippen LogP contribution >= 0.6 is 0 Å². The SMILES string of the molecule is CCCn1nc(C(=O)N/N=C/c2ccc(F)cc2F)c2ccccc2c1=O. The van der Waals surface area contributed by atoms with Crippen LogP contribution in [-0.4, -0.2) is 21.9 Å². The van der Waals surface area contributed by atoms with Gasteiger partial charge in [-0.2, -0.15) is 10.2 Å². The minimum atomic E-state index is -0.798. The highest BCUT2D eigenvalue weighted by molar-refractivity contribution is 6.04. The van der Waals surface area contributed by atoms with Crippen LogP contribution in [0.3, 0.4) is 0 Å². The first-order valence-electron chi connectivity index (χ1n) is 8.29. The normalized spacial score (nSPS) is 11.2. The molecule has 0 fully saturated rings. The van der Waals surface area contributed by atoms with Crippen LogP contribution in [0.1, 0.15) is 29.4 Å². The fourth-order valence-corrected chi connectivity index (χ4v) is 2.59. The lowest BCUT2D eigenvalue weighted by molar-refractivity contribution is 0.0949. The molecule has 1 amide bonds. The second-order valence-electron chi connectivity index (χ2n) is 5.79. The molecule has 0 aliphatic carbocycles. The Hall–Kier alpha value is -3.42. The number of carbonyl (C=O) groups excluding carboxylic acids is 1. The zero-order chi connectivity index (χ0) is 19.4. The summed E-state index contributed by atoms with van der Waals surface area (Å²) in [6.07, 6.45) is 1.74. The van der Waals surface area contributed by atoms with Gasteiger partial charge in [-0.1, -0.05) is 25.1 Å². The van der Waals surface area contributed by atoms with Gasteiger partial charge < -0.3 is 0 Å². The predicted molar refractivity (Wildman–Crippen MR) is 97.7 cm³/mol. The van der Waals surface area contributed by atoms with Gasteiger partial charge in [-0.05, 0) is 24.6 Å². The third kappa shape index (κ3) is 3.89. The molecule has 1 N–H and O–H groups in total. The Bertz CT molecular complexity index is 1090. The number of hydrogen-bond donors (Lipinski definition) is 1. The molecule has 0 radical (unpaired) electrons. The average molecular weight is 370 g/mol. The second-order valence-corrected chi connectivity index (χ2v) is 5.79. The summed E-state index contributed by atoms with van der Waals surface area (Å²) < 4.78 is 27.7. The molecular weight excluding hydrogens is 354 g/mol. The molecule has 0 bridgehead atoms. The average Bonchev–Trinajstić information content (AvgIpc) is 2.66. The molecule has 6 nitrogen and oxygen atoms in total. The Labute approximate surface area is 153 Å². The van der Waals surface area contributed by atoms with Gasteiger partial charge in [0.2, 0.25) is 0 Å². The summed E-state index contributed by atoms with van der Waals surface area (Å²) in [4.78, 5) is 24.9. The van der Waals surface area contributed by atoms with Crippen molar-refractivity contribution in [1.29, 1.82) is 0 Å². The van der Waals surface area contributed by atoms with Crippen molar-refractivity contribution in [1.82, 2.24) is 15.2 Å². The zero-order valence-corrected chi connectivity index (χ0v) is 14.4. The van der Waals surface area contributed by atoms with E-state index in [0.29, 0.717) is 23.7 Å². The number of nitrogens with one attached hydrogen (secondary N) is 1. The summed E-state index contributed by atoms with van der Waals surface area (Å²) in [5, 5.41) is 8.61. The maximum absolute atomic E-state index is 13.6. The summed E-state index contributed by atoms with van der Waals surface area (Å²) in [5.74, 6) is -2.15. The first kappa shape index (κ1) is 18.4. The molecule has 1 heterocycles. The van der Waals surface area contributed by atoms with Gasteiger partial charge in [-0.15, -0.1) is 0 Å². The van der Waals surface area contributed by atoms with Gasteiger partial charge >= 0.3 is 0 Å². The van der Waals surface area contributed by atoms with Gasteiger partial charge in [0.05, 0.1) is 11.6 Å². The summed E-state index contributed by atoms with van der Waals surface area (Å²) in [5.41, 5.74) is 2.04. The van der Waals surface area contributed by atoms with E-state index in [9.17, 15) is 18.4 Å². The van der Waals surface area contributed by atoms with Crippen LogP contribution in [0.5, 0.6) is 0 Å². The zero-order valence-electron chi connectivity index (χ0n) is 14.4. The van der Waals surface area contributed by atoms with Crippen LogP contribution < -0.4 is 11.0 Å². The highest BCUT2D eigenvalue weighted by Crippen LogP contribution is 2.13. The van der Waals surface area contributed by atoms with Gasteiger partial charge in [0.15, 0.2) is 5.69 Å². The van der Waals surface area contributed by atoms with Crippen molar-refractivity contribution in [3.63, 3.8) is 0 Å². The summed E-state index contributed by atoms with van der Waals surface area (Å²) in [7, 11) is 0. The van der Waals surface area contributed by atoms with Crippen LogP contribution in [0.4, 0.5) is 8.78 Å². The van der Waals surface area contributed by atoms with Gasteiger partial charge in [0.1, 0.15) is 11.6 Å². The lowest BCUT2D eigenvalue weighted by atomic mass is 10.1. The minimum absolute atomic E-state index is 0.0190. The molecule has 2 aromatic carbocycles. The van der Waals surface area contributed by atoms with Crippen molar-refractivity contribution in [3.8, 4) is 0 Å². The number of fused-ring (bicyclic) bond motifs is 1. The Kier molecular flexibility index (Phi) is 5.35. The second kappa shape index (κ2) is 7.86. The Morgan fingerprint density at radius 3 is 2.67 bits per heavy atom. The molecular formula is C19H16F2N4O2. The standard InChI is InChI=1S/C19H16F2N4O2/c1-2-9-25-19(27)15-6-4-3-5-14(15)17(24-25)18(26)23-22-11-12-7-8-13(20)10-16(12)21/h3-8,10-11H,2,9H2,1H3,(H,23,26)/b22-11+. The predicted octanol–water partition coefficient (Wildman–Crippen LogP) is 2.85. The Balaban J connectivity index is 1.92. The summed E-state index contributed by atoms with van der Waals surface area (Å²) >= 11 is 0. The largest absolute Gasteiger partial charge is 0.292 e.